The predicted molar refractivity (Wildman–Crippen MR) is 79.8 cm³/mol. The average molecular weight is 290 g/mol. The molecule has 0 bridgehead atoms. The Kier molecular flexibility index (Phi) is 5.03. The van der Waals surface area contributed by atoms with Crippen molar-refractivity contribution in [2.75, 3.05) is 6.54 Å². The largest absolute Gasteiger partial charge is 0.472 e. The number of carbonyl (C=O) groups excluding carboxylic acids is 1. The quantitative estimate of drug-likeness (QED) is 0.857. The van der Waals surface area contributed by atoms with E-state index in [-0.39, 0.29) is 6.03 Å². The Hall–Kier alpha value is -2.24. The van der Waals surface area contributed by atoms with Crippen molar-refractivity contribution >= 4 is 6.03 Å². The van der Waals surface area contributed by atoms with Crippen LogP contribution in [0.25, 0.3) is 0 Å². The van der Waals surface area contributed by atoms with Crippen LogP contribution < -0.4 is 10.6 Å². The summed E-state index contributed by atoms with van der Waals surface area (Å²) in [6.07, 6.45) is 3.21. The third-order valence-corrected chi connectivity index (χ3v) is 3.23. The fourth-order valence-electron chi connectivity index (χ4n) is 2.12. The van der Waals surface area contributed by atoms with E-state index in [9.17, 15) is 4.79 Å². The zero-order valence-electron chi connectivity index (χ0n) is 12.7. The molecule has 0 aliphatic rings. The van der Waals surface area contributed by atoms with Gasteiger partial charge in [-0.3, -0.25) is 4.68 Å². The van der Waals surface area contributed by atoms with Crippen LogP contribution in [0.3, 0.4) is 0 Å². The molecule has 0 unspecified atom stereocenters. The van der Waals surface area contributed by atoms with Gasteiger partial charge in [-0.1, -0.05) is 6.92 Å². The molecule has 0 radical (unpaired) electrons. The molecular formula is C15H22N4O2. The molecule has 0 aliphatic heterocycles. The lowest BCUT2D eigenvalue weighted by Crippen LogP contribution is -2.38. The van der Waals surface area contributed by atoms with E-state index in [2.05, 4.69) is 28.7 Å². The summed E-state index contributed by atoms with van der Waals surface area (Å²) in [5.41, 5.74) is 3.11. The summed E-state index contributed by atoms with van der Waals surface area (Å²) in [7, 11) is 0. The summed E-state index contributed by atoms with van der Waals surface area (Å²) in [6, 6.07) is 3.71. The highest BCUT2D eigenvalue weighted by Crippen LogP contribution is 2.05. The van der Waals surface area contributed by atoms with E-state index >= 15 is 0 Å². The summed E-state index contributed by atoms with van der Waals surface area (Å²) in [5.74, 6) is 0.308. The van der Waals surface area contributed by atoms with Gasteiger partial charge in [0.15, 0.2) is 0 Å². The third kappa shape index (κ3) is 4.66. The van der Waals surface area contributed by atoms with Crippen molar-refractivity contribution in [2.45, 2.75) is 33.9 Å². The SMILES string of the molecule is Cc1cc(C)n(C[C@H](C)CNC(=O)NCc2ccoc2)n1. The van der Waals surface area contributed by atoms with Crippen LogP contribution in [0.1, 0.15) is 23.9 Å². The maximum absolute atomic E-state index is 11.7. The van der Waals surface area contributed by atoms with Gasteiger partial charge in [-0.25, -0.2) is 4.79 Å². The molecule has 6 heteroatoms. The van der Waals surface area contributed by atoms with Crippen LogP contribution in [-0.4, -0.2) is 22.4 Å². The van der Waals surface area contributed by atoms with Crippen molar-refractivity contribution in [2.24, 2.45) is 5.92 Å². The zero-order chi connectivity index (χ0) is 15.2. The molecule has 0 aromatic carbocycles. The first-order valence-electron chi connectivity index (χ1n) is 7.08. The lowest BCUT2D eigenvalue weighted by molar-refractivity contribution is 0.238. The molecule has 114 valence electrons. The topological polar surface area (TPSA) is 72.1 Å². The van der Waals surface area contributed by atoms with Crippen LogP contribution >= 0.6 is 0 Å². The van der Waals surface area contributed by atoms with Gasteiger partial charge in [-0.2, -0.15) is 5.10 Å². The Labute approximate surface area is 124 Å². The van der Waals surface area contributed by atoms with Gasteiger partial charge in [-0.15, -0.1) is 0 Å². The Balaban J connectivity index is 1.69. The standard InChI is InChI=1S/C15H22N4O2/c1-11(9-19-13(3)6-12(2)18-19)7-16-15(20)17-8-14-4-5-21-10-14/h4-6,10-11H,7-9H2,1-3H3,(H2,16,17,20)/t11-/m1/s1. The molecule has 0 saturated heterocycles. The zero-order valence-corrected chi connectivity index (χ0v) is 12.7. The second-order valence-electron chi connectivity index (χ2n) is 5.41. The third-order valence-electron chi connectivity index (χ3n) is 3.23. The Morgan fingerprint density at radius 1 is 1.43 bits per heavy atom. The maximum Gasteiger partial charge on any atom is 0.315 e. The van der Waals surface area contributed by atoms with Crippen LogP contribution in [-0.2, 0) is 13.1 Å². The van der Waals surface area contributed by atoms with E-state index in [1.165, 1.54) is 0 Å². The summed E-state index contributed by atoms with van der Waals surface area (Å²) >= 11 is 0. The fourth-order valence-corrected chi connectivity index (χ4v) is 2.12. The van der Waals surface area contributed by atoms with Gasteiger partial charge in [0, 0.05) is 30.9 Å². The van der Waals surface area contributed by atoms with Gasteiger partial charge in [0.1, 0.15) is 0 Å². The van der Waals surface area contributed by atoms with Crippen LogP contribution in [0.15, 0.2) is 29.1 Å². The number of aromatic nitrogens is 2. The van der Waals surface area contributed by atoms with Crippen molar-refractivity contribution < 1.29 is 9.21 Å². The van der Waals surface area contributed by atoms with Crippen LogP contribution in [0.5, 0.6) is 0 Å². The minimum Gasteiger partial charge on any atom is -0.472 e. The number of nitrogens with zero attached hydrogens (tertiary/aromatic N) is 2. The maximum atomic E-state index is 11.7. The number of furan rings is 1. The highest BCUT2D eigenvalue weighted by Gasteiger charge is 2.09. The molecule has 2 aromatic rings. The lowest BCUT2D eigenvalue weighted by atomic mass is 10.2. The molecule has 6 nitrogen and oxygen atoms in total. The number of hydrogen-bond donors (Lipinski definition) is 2. The first kappa shape index (κ1) is 15.2. The summed E-state index contributed by atoms with van der Waals surface area (Å²) < 4.78 is 6.92. The number of hydrogen-bond acceptors (Lipinski definition) is 3. The van der Waals surface area contributed by atoms with E-state index in [1.54, 1.807) is 12.5 Å². The Morgan fingerprint density at radius 2 is 2.24 bits per heavy atom. The summed E-state index contributed by atoms with van der Waals surface area (Å²) in [5, 5.41) is 10.1. The van der Waals surface area contributed by atoms with Crippen LogP contribution in [0.4, 0.5) is 4.79 Å². The van der Waals surface area contributed by atoms with Crippen molar-refractivity contribution in [3.63, 3.8) is 0 Å². The van der Waals surface area contributed by atoms with E-state index in [4.69, 9.17) is 4.42 Å². The molecule has 2 N–H and O–H groups in total. The van der Waals surface area contributed by atoms with Crippen molar-refractivity contribution in [3.8, 4) is 0 Å². The van der Waals surface area contributed by atoms with E-state index in [0.717, 1.165) is 23.5 Å². The second kappa shape index (κ2) is 6.97. The predicted octanol–water partition coefficient (Wildman–Crippen LogP) is 2.23. The number of carbonyl (C=O) groups is 1. The molecular weight excluding hydrogens is 268 g/mol. The molecule has 2 aromatic heterocycles. The van der Waals surface area contributed by atoms with Gasteiger partial charge >= 0.3 is 6.03 Å². The second-order valence-corrected chi connectivity index (χ2v) is 5.41. The fraction of sp³-hybridized carbons (Fsp3) is 0.467. The molecule has 2 amide bonds. The van der Waals surface area contributed by atoms with Gasteiger partial charge in [0.05, 0.1) is 18.2 Å². The van der Waals surface area contributed by atoms with Gasteiger partial charge < -0.3 is 15.1 Å². The molecule has 1 atom stereocenters. The monoisotopic (exact) mass is 290 g/mol. The molecule has 0 spiro atoms. The highest BCUT2D eigenvalue weighted by atomic mass is 16.3. The van der Waals surface area contributed by atoms with Crippen LogP contribution in [0, 0.1) is 19.8 Å². The van der Waals surface area contributed by atoms with Crippen molar-refractivity contribution in [1.29, 1.82) is 0 Å². The Morgan fingerprint density at radius 3 is 2.86 bits per heavy atom. The number of rotatable bonds is 6. The van der Waals surface area contributed by atoms with Crippen LogP contribution in [0.2, 0.25) is 0 Å². The van der Waals surface area contributed by atoms with E-state index in [1.807, 2.05) is 24.6 Å². The Bertz CT molecular complexity index is 575. The van der Waals surface area contributed by atoms with Gasteiger partial charge in [0.2, 0.25) is 0 Å². The first-order valence-corrected chi connectivity index (χ1v) is 7.08. The molecule has 2 heterocycles. The minimum absolute atomic E-state index is 0.170. The lowest BCUT2D eigenvalue weighted by Gasteiger charge is -2.14. The molecule has 0 aliphatic carbocycles. The molecule has 0 saturated carbocycles. The summed E-state index contributed by atoms with van der Waals surface area (Å²) in [4.78, 5) is 11.7. The smallest absolute Gasteiger partial charge is 0.315 e. The van der Waals surface area contributed by atoms with E-state index in [0.29, 0.717) is 19.0 Å². The number of aryl methyl sites for hydroxylation is 2. The van der Waals surface area contributed by atoms with Crippen molar-refractivity contribution in [3.05, 3.63) is 41.6 Å². The number of nitrogens with one attached hydrogen (secondary N) is 2. The van der Waals surface area contributed by atoms with Gasteiger partial charge in [0.25, 0.3) is 0 Å². The van der Waals surface area contributed by atoms with E-state index < -0.39 is 0 Å². The molecule has 0 fully saturated rings. The molecule has 2 rings (SSSR count). The summed E-state index contributed by atoms with van der Waals surface area (Å²) in [6.45, 7) is 7.98. The first-order chi connectivity index (χ1) is 10.0. The normalized spacial score (nSPS) is 12.1. The van der Waals surface area contributed by atoms with Gasteiger partial charge in [-0.05, 0) is 31.9 Å². The number of urea groups is 1. The van der Waals surface area contributed by atoms with Crippen molar-refractivity contribution in [1.82, 2.24) is 20.4 Å². The number of amides is 2. The minimum atomic E-state index is -0.170. The average Bonchev–Trinajstić information content (AvgIpc) is 3.04. The molecule has 21 heavy (non-hydrogen) atoms. The highest BCUT2D eigenvalue weighted by molar-refractivity contribution is 5.73.